The topological polar surface area (TPSA) is 52.9 Å². The summed E-state index contributed by atoms with van der Waals surface area (Å²) >= 11 is 0. The Morgan fingerprint density at radius 1 is 1.24 bits per heavy atom. The Morgan fingerprint density at radius 2 is 1.82 bits per heavy atom. The van der Waals surface area contributed by atoms with Crippen molar-refractivity contribution in [1.82, 2.24) is 5.32 Å². The zero-order chi connectivity index (χ0) is 12.8. The number of nitrogens with one attached hydrogen (secondary N) is 1. The van der Waals surface area contributed by atoms with Crippen molar-refractivity contribution < 1.29 is 4.79 Å². The van der Waals surface area contributed by atoms with Crippen LogP contribution in [-0.4, -0.2) is 11.9 Å². The van der Waals surface area contributed by atoms with Crippen molar-refractivity contribution in [2.45, 2.75) is 32.7 Å². The summed E-state index contributed by atoms with van der Waals surface area (Å²) < 4.78 is 0. The third-order valence-corrected chi connectivity index (χ3v) is 2.80. The molecule has 0 radical (unpaired) electrons. The quantitative estimate of drug-likeness (QED) is 0.863. The van der Waals surface area contributed by atoms with E-state index in [0.717, 1.165) is 5.56 Å². The number of hydrogen-bond donors (Lipinski definition) is 1. The zero-order valence-corrected chi connectivity index (χ0v) is 10.5. The van der Waals surface area contributed by atoms with Gasteiger partial charge in [-0.1, -0.05) is 44.2 Å². The van der Waals surface area contributed by atoms with E-state index >= 15 is 0 Å². The SMILES string of the molecule is CC(C(=O)N[C@@H](C#N)C(C)C)c1ccccc1. The first-order valence-electron chi connectivity index (χ1n) is 5.81. The first kappa shape index (κ1) is 13.2. The summed E-state index contributed by atoms with van der Waals surface area (Å²) in [6, 6.07) is 11.2. The summed E-state index contributed by atoms with van der Waals surface area (Å²) in [7, 11) is 0. The van der Waals surface area contributed by atoms with Gasteiger partial charge in [-0.2, -0.15) is 5.26 Å². The van der Waals surface area contributed by atoms with Crippen LogP contribution in [0.2, 0.25) is 0 Å². The van der Waals surface area contributed by atoms with Crippen molar-refractivity contribution in [3.63, 3.8) is 0 Å². The van der Waals surface area contributed by atoms with Crippen molar-refractivity contribution in [3.05, 3.63) is 35.9 Å². The van der Waals surface area contributed by atoms with E-state index in [2.05, 4.69) is 11.4 Å². The molecule has 3 heteroatoms. The molecule has 1 aromatic rings. The normalized spacial score (nSPS) is 13.8. The third-order valence-electron chi connectivity index (χ3n) is 2.80. The molecule has 0 aromatic heterocycles. The number of nitriles is 1. The molecule has 2 atom stereocenters. The lowest BCUT2D eigenvalue weighted by Crippen LogP contribution is -2.39. The minimum Gasteiger partial charge on any atom is -0.340 e. The van der Waals surface area contributed by atoms with Crippen LogP contribution in [-0.2, 0) is 4.79 Å². The molecule has 1 N–H and O–H groups in total. The molecule has 0 heterocycles. The number of nitrogens with zero attached hydrogens (tertiary/aromatic N) is 1. The fourth-order valence-electron chi connectivity index (χ4n) is 1.52. The van der Waals surface area contributed by atoms with Crippen molar-refractivity contribution >= 4 is 5.91 Å². The first-order chi connectivity index (χ1) is 8.06. The molecule has 3 nitrogen and oxygen atoms in total. The summed E-state index contributed by atoms with van der Waals surface area (Å²) in [5.41, 5.74) is 0.963. The van der Waals surface area contributed by atoms with E-state index in [0.29, 0.717) is 0 Å². The van der Waals surface area contributed by atoms with Gasteiger partial charge in [0, 0.05) is 0 Å². The highest BCUT2D eigenvalue weighted by atomic mass is 16.1. The third kappa shape index (κ3) is 3.60. The predicted molar refractivity (Wildman–Crippen MR) is 67.2 cm³/mol. The summed E-state index contributed by atoms with van der Waals surface area (Å²) in [6.45, 7) is 5.68. The van der Waals surface area contributed by atoms with Gasteiger partial charge in [-0.3, -0.25) is 4.79 Å². The number of hydrogen-bond acceptors (Lipinski definition) is 2. The van der Waals surface area contributed by atoms with Crippen molar-refractivity contribution in [3.8, 4) is 6.07 Å². The van der Waals surface area contributed by atoms with Crippen LogP contribution in [0.3, 0.4) is 0 Å². The standard InChI is InChI=1S/C14H18N2O/c1-10(2)13(9-15)16-14(17)11(3)12-7-5-4-6-8-12/h4-8,10-11,13H,1-3H3,(H,16,17)/t11?,13-/m0/s1. The van der Waals surface area contributed by atoms with E-state index in [1.165, 1.54) is 0 Å². The minimum absolute atomic E-state index is 0.101. The van der Waals surface area contributed by atoms with Gasteiger partial charge < -0.3 is 5.32 Å². The maximum atomic E-state index is 12.0. The van der Waals surface area contributed by atoms with Crippen LogP contribution in [0.15, 0.2) is 30.3 Å². The largest absolute Gasteiger partial charge is 0.340 e. The molecule has 0 aliphatic carbocycles. The van der Waals surface area contributed by atoms with Crippen LogP contribution in [0.4, 0.5) is 0 Å². The fraction of sp³-hybridized carbons (Fsp3) is 0.429. The van der Waals surface area contributed by atoms with Crippen molar-refractivity contribution in [1.29, 1.82) is 5.26 Å². The number of amides is 1. The Hall–Kier alpha value is -1.82. The zero-order valence-electron chi connectivity index (χ0n) is 10.5. The van der Waals surface area contributed by atoms with Crippen molar-refractivity contribution in [2.75, 3.05) is 0 Å². The molecular formula is C14H18N2O. The smallest absolute Gasteiger partial charge is 0.228 e. The van der Waals surface area contributed by atoms with Crippen LogP contribution >= 0.6 is 0 Å². The Morgan fingerprint density at radius 3 is 2.29 bits per heavy atom. The summed E-state index contributed by atoms with van der Waals surface area (Å²) in [6.07, 6.45) is 0. The highest BCUT2D eigenvalue weighted by Gasteiger charge is 2.20. The van der Waals surface area contributed by atoms with E-state index in [4.69, 9.17) is 5.26 Å². The highest BCUT2D eigenvalue weighted by Crippen LogP contribution is 2.15. The van der Waals surface area contributed by atoms with E-state index in [-0.39, 0.29) is 17.7 Å². The van der Waals surface area contributed by atoms with Gasteiger partial charge >= 0.3 is 0 Å². The van der Waals surface area contributed by atoms with E-state index in [1.54, 1.807) is 0 Å². The number of carbonyl (C=O) groups excluding carboxylic acids is 1. The maximum absolute atomic E-state index is 12.0. The molecule has 90 valence electrons. The molecule has 1 amide bonds. The van der Waals surface area contributed by atoms with E-state index < -0.39 is 6.04 Å². The average Bonchev–Trinajstić information content (AvgIpc) is 2.35. The minimum atomic E-state index is -0.423. The molecule has 0 fully saturated rings. The molecule has 0 saturated carbocycles. The molecule has 1 aromatic carbocycles. The van der Waals surface area contributed by atoms with Gasteiger partial charge in [0.05, 0.1) is 12.0 Å². The Kier molecular flexibility index (Phi) is 4.71. The number of benzene rings is 1. The lowest BCUT2D eigenvalue weighted by atomic mass is 9.99. The van der Waals surface area contributed by atoms with Crippen LogP contribution in [0.25, 0.3) is 0 Å². The van der Waals surface area contributed by atoms with Crippen LogP contribution in [0.1, 0.15) is 32.3 Å². The molecule has 1 rings (SSSR count). The van der Waals surface area contributed by atoms with E-state index in [9.17, 15) is 4.79 Å². The molecule has 0 saturated heterocycles. The van der Waals surface area contributed by atoms with Gasteiger partial charge in [-0.05, 0) is 18.4 Å². The van der Waals surface area contributed by atoms with E-state index in [1.807, 2.05) is 51.1 Å². The summed E-state index contributed by atoms with van der Waals surface area (Å²) in [5.74, 6) is -0.214. The molecule has 0 bridgehead atoms. The molecule has 1 unspecified atom stereocenters. The first-order valence-corrected chi connectivity index (χ1v) is 5.81. The Bertz CT molecular complexity index is 406. The summed E-state index contributed by atoms with van der Waals surface area (Å²) in [5, 5.41) is 11.7. The molecule has 0 spiro atoms. The second kappa shape index (κ2) is 6.05. The molecule has 0 aliphatic rings. The Labute approximate surface area is 102 Å². The van der Waals surface area contributed by atoms with Gasteiger partial charge in [-0.15, -0.1) is 0 Å². The van der Waals surface area contributed by atoms with Gasteiger partial charge in [0.15, 0.2) is 0 Å². The molecule has 17 heavy (non-hydrogen) atoms. The monoisotopic (exact) mass is 230 g/mol. The van der Waals surface area contributed by atoms with Crippen molar-refractivity contribution in [2.24, 2.45) is 5.92 Å². The summed E-state index contributed by atoms with van der Waals surface area (Å²) in [4.78, 5) is 12.0. The highest BCUT2D eigenvalue weighted by molar-refractivity contribution is 5.83. The Balaban J connectivity index is 2.69. The number of rotatable bonds is 4. The molecular weight excluding hydrogens is 212 g/mol. The second-order valence-corrected chi connectivity index (χ2v) is 4.49. The van der Waals surface area contributed by atoms with Gasteiger partial charge in [-0.25, -0.2) is 0 Å². The van der Waals surface area contributed by atoms with Crippen LogP contribution in [0.5, 0.6) is 0 Å². The number of carbonyl (C=O) groups is 1. The second-order valence-electron chi connectivity index (χ2n) is 4.49. The van der Waals surface area contributed by atoms with Crippen LogP contribution < -0.4 is 5.32 Å². The fourth-order valence-corrected chi connectivity index (χ4v) is 1.52. The van der Waals surface area contributed by atoms with Crippen LogP contribution in [0, 0.1) is 17.2 Å². The van der Waals surface area contributed by atoms with Gasteiger partial charge in [0.25, 0.3) is 0 Å². The van der Waals surface area contributed by atoms with Gasteiger partial charge in [0.1, 0.15) is 6.04 Å². The predicted octanol–water partition coefficient (Wildman–Crippen LogP) is 2.45. The van der Waals surface area contributed by atoms with Gasteiger partial charge in [0.2, 0.25) is 5.91 Å². The maximum Gasteiger partial charge on any atom is 0.228 e. The lowest BCUT2D eigenvalue weighted by Gasteiger charge is -2.18. The lowest BCUT2D eigenvalue weighted by molar-refractivity contribution is -0.122. The molecule has 0 aliphatic heterocycles. The average molecular weight is 230 g/mol.